The second-order valence-corrected chi connectivity index (χ2v) is 10.4. The first-order valence-corrected chi connectivity index (χ1v) is 11.5. The molecule has 4 aromatic rings. The molecule has 1 nitrogen and oxygen atoms in total. The van der Waals surface area contributed by atoms with E-state index in [2.05, 4.69) is 125 Å². The molecule has 0 atom stereocenters. The highest BCUT2D eigenvalue weighted by Crippen LogP contribution is 2.51. The third kappa shape index (κ3) is 2.45. The SMILES string of the molecule is CN(c1ccc2c(c1)-c1ccccc1C2(C)C)c1ccc2c(c1)-c1ccccc1C2(C)C. The van der Waals surface area contributed by atoms with Gasteiger partial charge in [0.1, 0.15) is 0 Å². The minimum atomic E-state index is 0.0475. The van der Waals surface area contributed by atoms with Gasteiger partial charge >= 0.3 is 0 Å². The van der Waals surface area contributed by atoms with Gasteiger partial charge in [0.25, 0.3) is 0 Å². The van der Waals surface area contributed by atoms with Gasteiger partial charge in [0, 0.05) is 29.3 Å². The smallest absolute Gasteiger partial charge is 0.0414 e. The molecule has 0 heterocycles. The molecule has 0 amide bonds. The van der Waals surface area contributed by atoms with Crippen LogP contribution in [0.4, 0.5) is 11.4 Å². The third-order valence-corrected chi connectivity index (χ3v) is 7.91. The number of hydrogen-bond acceptors (Lipinski definition) is 1. The van der Waals surface area contributed by atoms with E-state index in [1.165, 1.54) is 55.9 Å². The van der Waals surface area contributed by atoms with Crippen molar-refractivity contribution in [2.75, 3.05) is 11.9 Å². The van der Waals surface area contributed by atoms with E-state index in [0.29, 0.717) is 0 Å². The van der Waals surface area contributed by atoms with Crippen LogP contribution in [0.2, 0.25) is 0 Å². The maximum Gasteiger partial charge on any atom is 0.0414 e. The van der Waals surface area contributed by atoms with Crippen LogP contribution in [-0.4, -0.2) is 7.05 Å². The van der Waals surface area contributed by atoms with E-state index < -0.39 is 0 Å². The first-order valence-electron chi connectivity index (χ1n) is 11.5. The summed E-state index contributed by atoms with van der Waals surface area (Å²) in [6.07, 6.45) is 0. The van der Waals surface area contributed by atoms with Gasteiger partial charge < -0.3 is 4.90 Å². The third-order valence-electron chi connectivity index (χ3n) is 7.91. The second-order valence-electron chi connectivity index (χ2n) is 10.4. The molecule has 0 N–H and O–H groups in total. The summed E-state index contributed by atoms with van der Waals surface area (Å²) in [7, 11) is 2.18. The van der Waals surface area contributed by atoms with Gasteiger partial charge in [0.15, 0.2) is 0 Å². The van der Waals surface area contributed by atoms with Crippen molar-refractivity contribution < 1.29 is 0 Å². The van der Waals surface area contributed by atoms with E-state index in [9.17, 15) is 0 Å². The van der Waals surface area contributed by atoms with Crippen molar-refractivity contribution in [3.8, 4) is 22.3 Å². The molecule has 0 saturated carbocycles. The zero-order valence-corrected chi connectivity index (χ0v) is 19.5. The molecular weight excluding hydrogens is 386 g/mol. The molecule has 2 aliphatic carbocycles. The maximum atomic E-state index is 2.37. The number of nitrogens with zero attached hydrogens (tertiary/aromatic N) is 1. The Hall–Kier alpha value is -3.32. The molecule has 1 heteroatoms. The van der Waals surface area contributed by atoms with Gasteiger partial charge in [-0.05, 0) is 68.8 Å². The van der Waals surface area contributed by atoms with Crippen LogP contribution in [0.1, 0.15) is 49.9 Å². The summed E-state index contributed by atoms with van der Waals surface area (Å²) in [5, 5.41) is 0. The Bertz CT molecular complexity index is 1280. The summed E-state index contributed by atoms with van der Waals surface area (Å²) in [6, 6.07) is 31.6. The van der Waals surface area contributed by atoms with Gasteiger partial charge in [-0.15, -0.1) is 0 Å². The standard InChI is InChI=1S/C31H29N/c1-30(2)26-12-8-6-10-22(26)24-18-20(14-16-28(24)30)32(5)21-15-17-29-25(19-21)23-11-7-9-13-27(23)31(29,3)4/h6-19H,1-5H3. The topological polar surface area (TPSA) is 3.24 Å². The molecule has 2 aliphatic rings. The first-order chi connectivity index (χ1) is 15.3. The molecule has 158 valence electrons. The summed E-state index contributed by atoms with van der Waals surface area (Å²) in [6.45, 7) is 9.34. The minimum absolute atomic E-state index is 0.0475. The fraction of sp³-hybridized carbons (Fsp3) is 0.226. The van der Waals surface area contributed by atoms with E-state index in [1.807, 2.05) is 0 Å². The molecule has 0 bridgehead atoms. The summed E-state index contributed by atoms with van der Waals surface area (Å²) in [5.41, 5.74) is 13.7. The van der Waals surface area contributed by atoms with Crippen LogP contribution in [-0.2, 0) is 10.8 Å². The van der Waals surface area contributed by atoms with Crippen LogP contribution in [0.5, 0.6) is 0 Å². The van der Waals surface area contributed by atoms with Crippen LogP contribution >= 0.6 is 0 Å². The number of rotatable bonds is 2. The molecule has 6 rings (SSSR count). The molecule has 0 saturated heterocycles. The molecule has 0 aliphatic heterocycles. The molecule has 0 spiro atoms. The van der Waals surface area contributed by atoms with Crippen LogP contribution in [0.25, 0.3) is 22.3 Å². The highest BCUT2D eigenvalue weighted by atomic mass is 15.1. The highest BCUT2D eigenvalue weighted by Gasteiger charge is 2.36. The molecule has 4 aromatic carbocycles. The molecule has 32 heavy (non-hydrogen) atoms. The lowest BCUT2D eigenvalue weighted by Gasteiger charge is -2.25. The highest BCUT2D eigenvalue weighted by molar-refractivity contribution is 5.86. The van der Waals surface area contributed by atoms with Gasteiger partial charge in [0.2, 0.25) is 0 Å². The van der Waals surface area contributed by atoms with E-state index in [1.54, 1.807) is 0 Å². The number of fused-ring (bicyclic) bond motifs is 6. The minimum Gasteiger partial charge on any atom is -0.345 e. The van der Waals surface area contributed by atoms with E-state index >= 15 is 0 Å². The van der Waals surface area contributed by atoms with Crippen LogP contribution < -0.4 is 4.90 Å². The fourth-order valence-corrected chi connectivity index (χ4v) is 5.98. The number of anilines is 2. The maximum absolute atomic E-state index is 2.37. The van der Waals surface area contributed by atoms with Gasteiger partial charge in [-0.25, -0.2) is 0 Å². The van der Waals surface area contributed by atoms with Gasteiger partial charge in [0.05, 0.1) is 0 Å². The predicted molar refractivity (Wildman–Crippen MR) is 136 cm³/mol. The zero-order valence-electron chi connectivity index (χ0n) is 19.5. The Morgan fingerprint density at radius 1 is 0.469 bits per heavy atom. The fourth-order valence-electron chi connectivity index (χ4n) is 5.98. The van der Waals surface area contributed by atoms with Crippen LogP contribution in [0.3, 0.4) is 0 Å². The Balaban J connectivity index is 1.45. The number of hydrogen-bond donors (Lipinski definition) is 0. The lowest BCUT2D eigenvalue weighted by molar-refractivity contribution is 0.660. The quantitative estimate of drug-likeness (QED) is 0.320. The van der Waals surface area contributed by atoms with Gasteiger partial charge in [-0.2, -0.15) is 0 Å². The lowest BCUT2D eigenvalue weighted by Crippen LogP contribution is -2.16. The molecule has 0 fully saturated rings. The van der Waals surface area contributed by atoms with Gasteiger partial charge in [-0.1, -0.05) is 88.4 Å². The average Bonchev–Trinajstić information content (AvgIpc) is 3.18. The molecule has 0 radical (unpaired) electrons. The van der Waals surface area contributed by atoms with Crippen molar-refractivity contribution in [1.29, 1.82) is 0 Å². The summed E-state index contributed by atoms with van der Waals surface area (Å²) < 4.78 is 0. The Morgan fingerprint density at radius 3 is 1.28 bits per heavy atom. The van der Waals surface area contributed by atoms with Crippen molar-refractivity contribution in [3.05, 3.63) is 107 Å². The summed E-state index contributed by atoms with van der Waals surface area (Å²) in [5.74, 6) is 0. The first kappa shape index (κ1) is 19.4. The molecule has 0 aromatic heterocycles. The molecular formula is C31H29N. The number of benzene rings is 4. The predicted octanol–water partition coefficient (Wildman–Crippen LogP) is 8.07. The zero-order chi connectivity index (χ0) is 22.3. The normalized spacial score (nSPS) is 16.2. The van der Waals surface area contributed by atoms with Crippen molar-refractivity contribution in [2.24, 2.45) is 0 Å². The monoisotopic (exact) mass is 415 g/mol. The Morgan fingerprint density at radius 2 is 0.844 bits per heavy atom. The van der Waals surface area contributed by atoms with Gasteiger partial charge in [-0.3, -0.25) is 0 Å². The summed E-state index contributed by atoms with van der Waals surface area (Å²) >= 11 is 0. The van der Waals surface area contributed by atoms with Crippen molar-refractivity contribution in [1.82, 2.24) is 0 Å². The van der Waals surface area contributed by atoms with E-state index in [4.69, 9.17) is 0 Å². The Kier molecular flexibility index (Phi) is 3.85. The van der Waals surface area contributed by atoms with E-state index in [0.717, 1.165) is 0 Å². The lowest BCUT2D eigenvalue weighted by atomic mass is 9.82. The molecule has 0 unspecified atom stereocenters. The Labute approximate surface area is 191 Å². The second kappa shape index (κ2) is 6.36. The van der Waals surface area contributed by atoms with Crippen LogP contribution in [0, 0.1) is 0 Å². The van der Waals surface area contributed by atoms with Crippen LogP contribution in [0.15, 0.2) is 84.9 Å². The van der Waals surface area contributed by atoms with Crippen molar-refractivity contribution in [3.63, 3.8) is 0 Å². The largest absolute Gasteiger partial charge is 0.345 e. The average molecular weight is 416 g/mol. The van der Waals surface area contributed by atoms with Crippen molar-refractivity contribution >= 4 is 11.4 Å². The van der Waals surface area contributed by atoms with Crippen molar-refractivity contribution in [2.45, 2.75) is 38.5 Å². The van der Waals surface area contributed by atoms with E-state index in [-0.39, 0.29) is 10.8 Å². The summed E-state index contributed by atoms with van der Waals surface area (Å²) in [4.78, 5) is 2.32.